The molecule has 0 bridgehead atoms. The molecule has 1 aromatic carbocycles. The predicted molar refractivity (Wildman–Crippen MR) is 95.9 cm³/mol. The summed E-state index contributed by atoms with van der Waals surface area (Å²) in [6, 6.07) is 5.93. The number of benzene rings is 1. The Morgan fingerprint density at radius 1 is 1.35 bits per heavy atom. The number of hydrogen-bond donors (Lipinski definition) is 1. The Kier molecular flexibility index (Phi) is 6.13. The molecule has 3 rings (SSSR count). The van der Waals surface area contributed by atoms with Crippen LogP contribution in [-0.4, -0.2) is 23.0 Å². The number of aliphatic hydroxyl groups excluding tert-OH is 1. The molecule has 2 heterocycles. The molecule has 1 N–H and O–H groups in total. The molecule has 1 fully saturated rings. The van der Waals surface area contributed by atoms with E-state index in [4.69, 9.17) is 9.47 Å². The van der Waals surface area contributed by atoms with Gasteiger partial charge in [0, 0.05) is 17.7 Å². The van der Waals surface area contributed by atoms with E-state index >= 15 is 0 Å². The third-order valence-corrected chi connectivity index (χ3v) is 5.37. The molecule has 26 heavy (non-hydrogen) atoms. The zero-order chi connectivity index (χ0) is 18.6. The zero-order valence-corrected chi connectivity index (χ0v) is 15.1. The van der Waals surface area contributed by atoms with Gasteiger partial charge < -0.3 is 14.6 Å². The summed E-state index contributed by atoms with van der Waals surface area (Å²) in [7, 11) is 0. The van der Waals surface area contributed by atoms with E-state index in [0.717, 1.165) is 19.3 Å². The Morgan fingerprint density at radius 2 is 2.12 bits per heavy atom. The van der Waals surface area contributed by atoms with Gasteiger partial charge in [-0.3, -0.25) is 0 Å². The van der Waals surface area contributed by atoms with Gasteiger partial charge in [0.1, 0.15) is 5.01 Å². The lowest BCUT2D eigenvalue weighted by atomic mass is 10.1. The normalized spacial score (nSPS) is 18.0. The molecule has 0 amide bonds. The minimum atomic E-state index is -3.06. The summed E-state index contributed by atoms with van der Waals surface area (Å²) >= 11 is 1.33. The van der Waals surface area contributed by atoms with Gasteiger partial charge >= 0.3 is 0 Å². The second-order valence-corrected chi connectivity index (χ2v) is 7.14. The monoisotopic (exact) mass is 381 g/mol. The van der Waals surface area contributed by atoms with Crippen LogP contribution in [0, 0.1) is 0 Å². The summed E-state index contributed by atoms with van der Waals surface area (Å²) in [5, 5.41) is 10.2. The van der Waals surface area contributed by atoms with Crippen molar-refractivity contribution in [3.8, 4) is 10.6 Å². The molecule has 140 valence electrons. The van der Waals surface area contributed by atoms with E-state index in [1.54, 1.807) is 12.1 Å². The highest BCUT2D eigenvalue weighted by Gasteiger charge is 2.27. The van der Waals surface area contributed by atoms with E-state index in [1.807, 2.05) is 0 Å². The van der Waals surface area contributed by atoms with Crippen LogP contribution < -0.4 is 0 Å². The van der Waals surface area contributed by atoms with Gasteiger partial charge in [-0.15, -0.1) is 11.3 Å². The maximum atomic E-state index is 13.6. The van der Waals surface area contributed by atoms with Gasteiger partial charge in [0.2, 0.25) is 0 Å². The largest absolute Gasteiger partial charge is 0.391 e. The maximum Gasteiger partial charge on any atom is 0.291 e. The number of thiazole rings is 1. The topological polar surface area (TPSA) is 51.6 Å². The van der Waals surface area contributed by atoms with Gasteiger partial charge in [0.15, 0.2) is 6.29 Å². The van der Waals surface area contributed by atoms with Crippen LogP contribution in [0.1, 0.15) is 35.4 Å². The highest BCUT2D eigenvalue weighted by molar-refractivity contribution is 7.15. The Bertz CT molecular complexity index is 740. The fraction of sp³-hybridized carbons (Fsp3) is 0.421. The molecule has 4 nitrogen and oxygen atoms in total. The third-order valence-electron chi connectivity index (χ3n) is 4.24. The number of hydrogen-bond acceptors (Lipinski definition) is 5. The van der Waals surface area contributed by atoms with Crippen LogP contribution in [0.25, 0.3) is 10.6 Å². The molecule has 1 aliphatic heterocycles. The number of rotatable bonds is 7. The molecular formula is C19H21F2NO3S. The average molecular weight is 381 g/mol. The Balaban J connectivity index is 1.74. The molecule has 2 aromatic rings. The molecule has 0 saturated carbocycles. The van der Waals surface area contributed by atoms with Crippen LogP contribution in [0.2, 0.25) is 0 Å². The highest BCUT2D eigenvalue weighted by Crippen LogP contribution is 2.33. The molecule has 1 atom stereocenters. The average Bonchev–Trinajstić information content (AvgIpc) is 3.10. The van der Waals surface area contributed by atoms with Crippen molar-refractivity contribution < 1.29 is 23.4 Å². The minimum absolute atomic E-state index is 0.117. The third kappa shape index (κ3) is 4.35. The van der Waals surface area contributed by atoms with E-state index in [9.17, 15) is 13.9 Å². The number of nitrogens with zero attached hydrogens (tertiary/aromatic N) is 1. The summed E-state index contributed by atoms with van der Waals surface area (Å²) in [4.78, 5) is 5.22. The van der Waals surface area contributed by atoms with Crippen molar-refractivity contribution in [3.63, 3.8) is 0 Å². The standard InChI is InChI=1S/C19H21F2NO3S/c1-2-19(20,21)14-8-6-13(7-9-14)18-22-15(16(11-23)26-18)12-25-17-5-3-4-10-24-17/h2,6-9,17,23H,1,3-5,10-12H2. The van der Waals surface area contributed by atoms with Crippen LogP contribution in [-0.2, 0) is 28.6 Å². The number of allylic oxidation sites excluding steroid dienone is 1. The number of aliphatic hydroxyl groups is 1. The van der Waals surface area contributed by atoms with Crippen LogP contribution >= 0.6 is 11.3 Å². The van der Waals surface area contributed by atoms with E-state index in [0.29, 0.717) is 33.8 Å². The summed E-state index contributed by atoms with van der Waals surface area (Å²) < 4.78 is 38.5. The first kappa shape index (κ1) is 19.1. The second-order valence-electron chi connectivity index (χ2n) is 6.06. The predicted octanol–water partition coefficient (Wildman–Crippen LogP) is 4.62. The molecule has 0 aliphatic carbocycles. The molecular weight excluding hydrogens is 360 g/mol. The Labute approximate surface area is 155 Å². The van der Waals surface area contributed by atoms with Crippen molar-refractivity contribution in [1.82, 2.24) is 4.98 Å². The van der Waals surface area contributed by atoms with Crippen molar-refractivity contribution in [1.29, 1.82) is 0 Å². The summed E-state index contributed by atoms with van der Waals surface area (Å²) in [6.45, 7) is 3.97. The van der Waals surface area contributed by atoms with E-state index < -0.39 is 5.92 Å². The summed E-state index contributed by atoms with van der Waals surface area (Å²) in [5.41, 5.74) is 1.25. The van der Waals surface area contributed by atoms with E-state index in [-0.39, 0.29) is 25.1 Å². The molecule has 1 unspecified atom stereocenters. The van der Waals surface area contributed by atoms with Gasteiger partial charge in [0.05, 0.1) is 23.8 Å². The Morgan fingerprint density at radius 3 is 2.73 bits per heavy atom. The summed E-state index contributed by atoms with van der Waals surface area (Å²) in [5.74, 6) is -3.06. The summed E-state index contributed by atoms with van der Waals surface area (Å²) in [6.07, 6.45) is 3.36. The molecule has 1 saturated heterocycles. The quantitative estimate of drug-likeness (QED) is 0.711. The van der Waals surface area contributed by atoms with Crippen molar-refractivity contribution in [2.75, 3.05) is 6.61 Å². The SMILES string of the molecule is C=CC(F)(F)c1ccc(-c2nc(COC3CCCCO3)c(CO)s2)cc1. The molecule has 0 spiro atoms. The first-order valence-corrected chi connectivity index (χ1v) is 9.30. The molecule has 1 aliphatic rings. The van der Waals surface area contributed by atoms with Crippen molar-refractivity contribution in [3.05, 3.63) is 53.1 Å². The number of ether oxygens (including phenoxy) is 2. The first-order chi connectivity index (χ1) is 12.5. The number of aromatic nitrogens is 1. The zero-order valence-electron chi connectivity index (χ0n) is 14.3. The van der Waals surface area contributed by atoms with E-state index in [2.05, 4.69) is 11.6 Å². The lowest BCUT2D eigenvalue weighted by Gasteiger charge is -2.22. The lowest BCUT2D eigenvalue weighted by Crippen LogP contribution is -2.22. The van der Waals surface area contributed by atoms with E-state index in [1.165, 1.54) is 23.5 Å². The van der Waals surface area contributed by atoms with Gasteiger partial charge in [0.25, 0.3) is 5.92 Å². The van der Waals surface area contributed by atoms with Crippen molar-refractivity contribution in [2.45, 2.75) is 44.7 Å². The fourth-order valence-electron chi connectivity index (χ4n) is 2.71. The van der Waals surface area contributed by atoms with Gasteiger partial charge in [-0.1, -0.05) is 30.8 Å². The minimum Gasteiger partial charge on any atom is -0.391 e. The van der Waals surface area contributed by atoms with Crippen molar-refractivity contribution in [2.24, 2.45) is 0 Å². The molecule has 1 aromatic heterocycles. The maximum absolute atomic E-state index is 13.6. The highest BCUT2D eigenvalue weighted by atomic mass is 32.1. The number of halogens is 2. The fourth-order valence-corrected chi connectivity index (χ4v) is 3.64. The van der Waals surface area contributed by atoms with Gasteiger partial charge in [-0.25, -0.2) is 4.98 Å². The van der Waals surface area contributed by atoms with Crippen LogP contribution in [0.15, 0.2) is 36.9 Å². The Hall–Kier alpha value is -1.67. The van der Waals surface area contributed by atoms with Crippen LogP contribution in [0.3, 0.4) is 0 Å². The number of alkyl halides is 2. The van der Waals surface area contributed by atoms with Crippen LogP contribution in [0.4, 0.5) is 8.78 Å². The smallest absolute Gasteiger partial charge is 0.291 e. The first-order valence-electron chi connectivity index (χ1n) is 8.48. The van der Waals surface area contributed by atoms with Gasteiger partial charge in [-0.05, 0) is 25.3 Å². The van der Waals surface area contributed by atoms with Crippen molar-refractivity contribution >= 4 is 11.3 Å². The molecule has 7 heteroatoms. The molecule has 0 radical (unpaired) electrons. The van der Waals surface area contributed by atoms with Gasteiger partial charge in [-0.2, -0.15) is 8.78 Å². The van der Waals surface area contributed by atoms with Crippen LogP contribution in [0.5, 0.6) is 0 Å². The lowest BCUT2D eigenvalue weighted by molar-refractivity contribution is -0.169. The second kappa shape index (κ2) is 8.35.